The van der Waals surface area contributed by atoms with Gasteiger partial charge >= 0.3 is 0 Å². The van der Waals surface area contributed by atoms with E-state index in [4.69, 9.17) is 4.74 Å². The Bertz CT molecular complexity index is 872. The number of carbonyl (C=O) groups excluding carboxylic acids is 1. The topological polar surface area (TPSA) is 92.8 Å². The van der Waals surface area contributed by atoms with Gasteiger partial charge in [-0.15, -0.1) is 0 Å². The number of ether oxygens (including phenoxy) is 1. The summed E-state index contributed by atoms with van der Waals surface area (Å²) in [7, 11) is 0. The molecule has 0 spiro atoms. The van der Waals surface area contributed by atoms with Crippen LogP contribution in [0.4, 0.5) is 5.69 Å². The molecule has 3 aromatic rings. The first-order valence-electron chi connectivity index (χ1n) is 8.53. The average molecular weight is 337 g/mol. The van der Waals surface area contributed by atoms with E-state index in [1.54, 1.807) is 30.6 Å². The summed E-state index contributed by atoms with van der Waals surface area (Å²) >= 11 is 0. The maximum atomic E-state index is 12.4. The number of amides is 1. The van der Waals surface area contributed by atoms with Crippen LogP contribution in [0.5, 0.6) is 5.88 Å². The van der Waals surface area contributed by atoms with Crippen LogP contribution in [0.1, 0.15) is 42.6 Å². The summed E-state index contributed by atoms with van der Waals surface area (Å²) in [6, 6.07) is 7.15. The minimum absolute atomic E-state index is 0.231. The largest absolute Gasteiger partial charge is 0.474 e. The first kappa shape index (κ1) is 15.6. The monoisotopic (exact) mass is 337 g/mol. The van der Waals surface area contributed by atoms with Crippen LogP contribution in [0, 0.1) is 0 Å². The van der Waals surface area contributed by atoms with E-state index >= 15 is 0 Å². The van der Waals surface area contributed by atoms with E-state index in [1.807, 2.05) is 6.07 Å². The molecule has 1 fully saturated rings. The van der Waals surface area contributed by atoms with Gasteiger partial charge in [0.1, 0.15) is 6.10 Å². The molecular formula is C18H19N5O2. The number of aromatic nitrogens is 4. The number of fused-ring (bicyclic) bond motifs is 1. The van der Waals surface area contributed by atoms with E-state index in [9.17, 15) is 4.79 Å². The maximum absolute atomic E-state index is 12.4. The fourth-order valence-corrected chi connectivity index (χ4v) is 3.11. The lowest BCUT2D eigenvalue weighted by Crippen LogP contribution is -2.20. The molecule has 0 aromatic carbocycles. The van der Waals surface area contributed by atoms with E-state index < -0.39 is 0 Å². The van der Waals surface area contributed by atoms with Gasteiger partial charge in [0.05, 0.1) is 17.3 Å². The summed E-state index contributed by atoms with van der Waals surface area (Å²) in [5.41, 5.74) is 1.47. The molecule has 25 heavy (non-hydrogen) atoms. The van der Waals surface area contributed by atoms with Crippen molar-refractivity contribution in [1.82, 2.24) is 20.2 Å². The zero-order chi connectivity index (χ0) is 17.1. The van der Waals surface area contributed by atoms with Crippen molar-refractivity contribution in [2.45, 2.75) is 38.2 Å². The summed E-state index contributed by atoms with van der Waals surface area (Å²) in [6.45, 7) is 0. The first-order valence-corrected chi connectivity index (χ1v) is 8.53. The highest BCUT2D eigenvalue weighted by atomic mass is 16.5. The number of hydrogen-bond donors (Lipinski definition) is 2. The van der Waals surface area contributed by atoms with Crippen LogP contribution in [0.2, 0.25) is 0 Å². The smallest absolute Gasteiger partial charge is 0.276 e. The Balaban J connectivity index is 1.52. The predicted octanol–water partition coefficient (Wildman–Crippen LogP) is 3.32. The van der Waals surface area contributed by atoms with Crippen LogP contribution < -0.4 is 10.1 Å². The summed E-state index contributed by atoms with van der Waals surface area (Å²) < 4.78 is 5.96. The number of H-pyrrole nitrogens is 1. The van der Waals surface area contributed by atoms with Crippen molar-refractivity contribution in [1.29, 1.82) is 0 Å². The molecule has 3 aromatic heterocycles. The summed E-state index contributed by atoms with van der Waals surface area (Å²) in [5, 5.41) is 10.4. The molecule has 0 aliphatic heterocycles. The summed E-state index contributed by atoms with van der Waals surface area (Å²) in [5.74, 6) is 0.268. The third kappa shape index (κ3) is 3.45. The van der Waals surface area contributed by atoms with E-state index in [0.717, 1.165) is 12.8 Å². The second-order valence-electron chi connectivity index (χ2n) is 6.19. The molecule has 128 valence electrons. The van der Waals surface area contributed by atoms with E-state index in [0.29, 0.717) is 28.3 Å². The van der Waals surface area contributed by atoms with Gasteiger partial charge in [-0.1, -0.05) is 6.42 Å². The first-order chi connectivity index (χ1) is 12.3. The van der Waals surface area contributed by atoms with E-state index in [-0.39, 0.29) is 12.0 Å². The van der Waals surface area contributed by atoms with Crippen molar-refractivity contribution in [3.63, 3.8) is 0 Å². The van der Waals surface area contributed by atoms with Crippen LogP contribution in [-0.2, 0) is 0 Å². The standard InChI is InChI=1S/C18H19N5O2/c24-18(20-12-5-4-10-19-11-12)16-14-8-9-15(21-17(14)23-22-16)25-13-6-2-1-3-7-13/h4-5,8-11,13H,1-3,6-7H2,(H,20,24)(H,21,22,23). The highest BCUT2D eigenvalue weighted by Crippen LogP contribution is 2.24. The van der Waals surface area contributed by atoms with E-state index in [2.05, 4.69) is 25.5 Å². The van der Waals surface area contributed by atoms with Gasteiger partial charge < -0.3 is 10.1 Å². The van der Waals surface area contributed by atoms with Crippen LogP contribution in [0.15, 0.2) is 36.7 Å². The number of hydrogen-bond acceptors (Lipinski definition) is 5. The molecular weight excluding hydrogens is 318 g/mol. The summed E-state index contributed by atoms with van der Waals surface area (Å²) in [6.07, 6.45) is 9.30. The number of anilines is 1. The molecule has 0 unspecified atom stereocenters. The number of carbonyl (C=O) groups is 1. The molecule has 1 aliphatic carbocycles. The van der Waals surface area contributed by atoms with Gasteiger partial charge in [-0.3, -0.25) is 14.9 Å². The van der Waals surface area contributed by atoms with Gasteiger partial charge in [-0.05, 0) is 43.9 Å². The van der Waals surface area contributed by atoms with Gasteiger partial charge in [0.15, 0.2) is 11.3 Å². The third-order valence-electron chi connectivity index (χ3n) is 4.37. The van der Waals surface area contributed by atoms with Crippen LogP contribution in [0.25, 0.3) is 11.0 Å². The highest BCUT2D eigenvalue weighted by molar-refractivity contribution is 6.10. The molecule has 4 rings (SSSR count). The highest BCUT2D eigenvalue weighted by Gasteiger charge is 2.18. The lowest BCUT2D eigenvalue weighted by molar-refractivity contribution is 0.102. The van der Waals surface area contributed by atoms with Gasteiger partial charge in [-0.2, -0.15) is 10.1 Å². The Kier molecular flexibility index (Phi) is 4.28. The molecule has 1 amide bonds. The third-order valence-corrected chi connectivity index (χ3v) is 4.37. The summed E-state index contributed by atoms with van der Waals surface area (Å²) in [4.78, 5) is 20.8. The van der Waals surface area contributed by atoms with Gasteiger partial charge in [0.2, 0.25) is 5.88 Å². The number of nitrogens with zero attached hydrogens (tertiary/aromatic N) is 3. The zero-order valence-electron chi connectivity index (χ0n) is 13.7. The molecule has 3 heterocycles. The maximum Gasteiger partial charge on any atom is 0.276 e. The molecule has 7 heteroatoms. The van der Waals surface area contributed by atoms with Crippen molar-refractivity contribution < 1.29 is 9.53 Å². The Hall–Kier alpha value is -2.96. The Labute approximate surface area is 144 Å². The molecule has 2 N–H and O–H groups in total. The van der Waals surface area contributed by atoms with Crippen LogP contribution in [-0.4, -0.2) is 32.2 Å². The quantitative estimate of drug-likeness (QED) is 0.762. The molecule has 1 saturated carbocycles. The van der Waals surface area contributed by atoms with Crippen LogP contribution in [0.3, 0.4) is 0 Å². The lowest BCUT2D eigenvalue weighted by atomic mass is 9.98. The SMILES string of the molecule is O=C(Nc1cccnc1)c1n[nH]c2nc(OC3CCCCC3)ccc12. The lowest BCUT2D eigenvalue weighted by Gasteiger charge is -2.22. The van der Waals surface area contributed by atoms with Gasteiger partial charge in [0, 0.05) is 12.3 Å². The van der Waals surface area contributed by atoms with Crippen molar-refractivity contribution in [2.75, 3.05) is 5.32 Å². The normalized spacial score (nSPS) is 15.2. The van der Waals surface area contributed by atoms with Crippen molar-refractivity contribution >= 4 is 22.6 Å². The number of pyridine rings is 2. The average Bonchev–Trinajstić information content (AvgIpc) is 3.07. The Morgan fingerprint density at radius 3 is 2.88 bits per heavy atom. The molecule has 0 bridgehead atoms. The minimum atomic E-state index is -0.304. The minimum Gasteiger partial charge on any atom is -0.474 e. The zero-order valence-corrected chi connectivity index (χ0v) is 13.7. The van der Waals surface area contributed by atoms with Gasteiger partial charge in [-0.25, -0.2) is 0 Å². The molecule has 7 nitrogen and oxygen atoms in total. The molecule has 0 saturated heterocycles. The van der Waals surface area contributed by atoms with E-state index in [1.165, 1.54) is 19.3 Å². The fraction of sp³-hybridized carbons (Fsp3) is 0.333. The number of rotatable bonds is 4. The van der Waals surface area contributed by atoms with Crippen molar-refractivity contribution in [3.05, 3.63) is 42.4 Å². The van der Waals surface area contributed by atoms with Crippen LogP contribution >= 0.6 is 0 Å². The fourth-order valence-electron chi connectivity index (χ4n) is 3.11. The molecule has 0 radical (unpaired) electrons. The van der Waals surface area contributed by atoms with Crippen molar-refractivity contribution in [2.24, 2.45) is 0 Å². The molecule has 0 atom stereocenters. The van der Waals surface area contributed by atoms with Crippen molar-refractivity contribution in [3.8, 4) is 5.88 Å². The van der Waals surface area contributed by atoms with Gasteiger partial charge in [0.25, 0.3) is 5.91 Å². The Morgan fingerprint density at radius 2 is 2.08 bits per heavy atom. The number of aromatic amines is 1. The molecule has 1 aliphatic rings. The predicted molar refractivity (Wildman–Crippen MR) is 93.6 cm³/mol. The second-order valence-corrected chi connectivity index (χ2v) is 6.19. The number of nitrogens with one attached hydrogen (secondary N) is 2. The second kappa shape index (κ2) is 6.88. The Morgan fingerprint density at radius 1 is 1.20 bits per heavy atom.